The monoisotopic (exact) mass is 302 g/mol. The molecule has 2 N–H and O–H groups in total. The molecule has 112 valence electrons. The summed E-state index contributed by atoms with van der Waals surface area (Å²) in [5.74, 6) is 0.897. The van der Waals surface area contributed by atoms with Gasteiger partial charge in [0.15, 0.2) is 9.84 Å². The van der Waals surface area contributed by atoms with E-state index >= 15 is 0 Å². The van der Waals surface area contributed by atoms with Crippen molar-refractivity contribution < 1.29 is 23.1 Å². The van der Waals surface area contributed by atoms with Gasteiger partial charge in [-0.1, -0.05) is 5.92 Å². The third kappa shape index (κ3) is 4.42. The summed E-state index contributed by atoms with van der Waals surface area (Å²) in [5.41, 5.74) is -0.939. The average Bonchev–Trinajstić information content (AvgIpc) is 2.65. The van der Waals surface area contributed by atoms with Crippen molar-refractivity contribution in [2.24, 2.45) is 0 Å². The van der Waals surface area contributed by atoms with Crippen LogP contribution < -0.4 is 5.32 Å². The molecule has 1 fully saturated rings. The Bertz CT molecular complexity index is 547. The van der Waals surface area contributed by atoms with Gasteiger partial charge in [-0.15, -0.1) is 6.42 Å². The summed E-state index contributed by atoms with van der Waals surface area (Å²) in [5, 5.41) is 11.4. The van der Waals surface area contributed by atoms with E-state index < -0.39 is 40.0 Å². The molecule has 20 heavy (non-hydrogen) atoms. The zero-order chi connectivity index (χ0) is 15.6. The fourth-order valence-electron chi connectivity index (χ4n) is 1.91. The van der Waals surface area contributed by atoms with E-state index in [4.69, 9.17) is 11.5 Å². The zero-order valence-electron chi connectivity index (χ0n) is 11.4. The molecule has 8 heteroatoms. The lowest BCUT2D eigenvalue weighted by molar-refractivity contribution is -0.138. The summed E-state index contributed by atoms with van der Waals surface area (Å²) >= 11 is 0. The molecule has 0 bridgehead atoms. The van der Waals surface area contributed by atoms with Crippen LogP contribution in [0.1, 0.15) is 20.3 Å². The number of sulfone groups is 1. The smallest absolute Gasteiger partial charge is 0.323 e. The maximum atomic E-state index is 12.1. The van der Waals surface area contributed by atoms with Crippen LogP contribution in [0, 0.1) is 12.3 Å². The molecule has 1 unspecified atom stereocenters. The highest BCUT2D eigenvalue weighted by molar-refractivity contribution is 7.91. The molecule has 1 aliphatic heterocycles. The number of amides is 2. The number of aliphatic carboxylic acids is 1. The van der Waals surface area contributed by atoms with E-state index in [0.717, 1.165) is 4.90 Å². The van der Waals surface area contributed by atoms with Crippen LogP contribution in [0.4, 0.5) is 4.79 Å². The molecule has 7 nitrogen and oxygen atoms in total. The van der Waals surface area contributed by atoms with Crippen LogP contribution in [0.25, 0.3) is 0 Å². The van der Waals surface area contributed by atoms with E-state index in [0.29, 0.717) is 0 Å². The Labute approximate surface area is 118 Å². The van der Waals surface area contributed by atoms with Crippen LogP contribution in [-0.4, -0.2) is 60.1 Å². The molecule has 0 aromatic heterocycles. The molecular formula is C12H18N2O5S. The Kier molecular flexibility index (Phi) is 4.65. The third-order valence-corrected chi connectivity index (χ3v) is 4.75. The molecule has 0 aliphatic carbocycles. The second-order valence-electron chi connectivity index (χ2n) is 5.28. The first-order valence-corrected chi connectivity index (χ1v) is 7.87. The van der Waals surface area contributed by atoms with Crippen LogP contribution >= 0.6 is 0 Å². The molecular weight excluding hydrogens is 284 g/mol. The van der Waals surface area contributed by atoms with E-state index in [9.17, 15) is 18.0 Å². The fourth-order valence-corrected chi connectivity index (χ4v) is 3.64. The van der Waals surface area contributed by atoms with Gasteiger partial charge in [-0.05, 0) is 20.3 Å². The first-order chi connectivity index (χ1) is 9.06. The van der Waals surface area contributed by atoms with Crippen LogP contribution in [0.2, 0.25) is 0 Å². The summed E-state index contributed by atoms with van der Waals surface area (Å²) in [6.45, 7) is 2.62. The van der Waals surface area contributed by atoms with Gasteiger partial charge < -0.3 is 15.3 Å². The number of hydrogen-bond acceptors (Lipinski definition) is 4. The Morgan fingerprint density at radius 3 is 2.50 bits per heavy atom. The Balaban J connectivity index is 2.88. The molecule has 2 amide bonds. The molecule has 0 spiro atoms. The number of rotatable bonds is 4. The number of carboxylic acid groups (broad SMARTS) is 1. The lowest BCUT2D eigenvalue weighted by atomic mass is 10.1. The lowest BCUT2D eigenvalue weighted by Gasteiger charge is -2.30. The standard InChI is InChI=1S/C12H18N2O5S/c1-4-12(2,3)13-11(17)14(7-10(15)16)9-5-6-20(18,19)8-9/h1,9H,5-8H2,2-3H3,(H,13,17)(H,15,16). The van der Waals surface area contributed by atoms with Crippen molar-refractivity contribution in [1.29, 1.82) is 0 Å². The Hall–Kier alpha value is -1.75. The molecule has 1 atom stereocenters. The summed E-state index contributed by atoms with van der Waals surface area (Å²) < 4.78 is 22.9. The van der Waals surface area contributed by atoms with Crippen molar-refractivity contribution in [3.8, 4) is 12.3 Å². The second-order valence-corrected chi connectivity index (χ2v) is 7.51. The summed E-state index contributed by atoms with van der Waals surface area (Å²) in [7, 11) is -3.21. The maximum absolute atomic E-state index is 12.1. The Morgan fingerprint density at radius 1 is 1.50 bits per heavy atom. The maximum Gasteiger partial charge on any atom is 0.323 e. The molecule has 1 saturated heterocycles. The van der Waals surface area contributed by atoms with Crippen LogP contribution in [0.3, 0.4) is 0 Å². The van der Waals surface area contributed by atoms with Gasteiger partial charge in [-0.25, -0.2) is 13.2 Å². The summed E-state index contributed by atoms with van der Waals surface area (Å²) in [4.78, 5) is 24.0. The van der Waals surface area contributed by atoms with E-state index in [2.05, 4.69) is 11.2 Å². The number of terminal acetylenes is 1. The van der Waals surface area contributed by atoms with Gasteiger partial charge in [0.05, 0.1) is 17.0 Å². The minimum absolute atomic E-state index is 0.0421. The fraction of sp³-hybridized carbons (Fsp3) is 0.667. The van der Waals surface area contributed by atoms with Crippen LogP contribution in [-0.2, 0) is 14.6 Å². The minimum Gasteiger partial charge on any atom is -0.480 e. The predicted octanol–water partition coefficient (Wildman–Crippen LogP) is -0.318. The normalized spacial score (nSPS) is 20.9. The highest BCUT2D eigenvalue weighted by Gasteiger charge is 2.36. The van der Waals surface area contributed by atoms with E-state index in [1.165, 1.54) is 0 Å². The lowest BCUT2D eigenvalue weighted by Crippen LogP contribution is -2.54. The van der Waals surface area contributed by atoms with Crippen molar-refractivity contribution in [3.05, 3.63) is 0 Å². The third-order valence-electron chi connectivity index (χ3n) is 3.00. The summed E-state index contributed by atoms with van der Waals surface area (Å²) in [6.07, 6.45) is 5.49. The number of nitrogens with zero attached hydrogens (tertiary/aromatic N) is 1. The van der Waals surface area contributed by atoms with Gasteiger partial charge in [0.2, 0.25) is 0 Å². The first kappa shape index (κ1) is 16.3. The number of carbonyl (C=O) groups excluding carboxylic acids is 1. The molecule has 1 heterocycles. The van der Waals surface area contributed by atoms with Crippen molar-refractivity contribution >= 4 is 21.8 Å². The zero-order valence-corrected chi connectivity index (χ0v) is 12.2. The molecule has 0 saturated carbocycles. The van der Waals surface area contributed by atoms with Crippen molar-refractivity contribution in [1.82, 2.24) is 10.2 Å². The second kappa shape index (κ2) is 5.71. The van der Waals surface area contributed by atoms with Crippen molar-refractivity contribution in [3.63, 3.8) is 0 Å². The van der Waals surface area contributed by atoms with Gasteiger partial charge in [0, 0.05) is 6.04 Å². The predicted molar refractivity (Wildman–Crippen MR) is 72.8 cm³/mol. The van der Waals surface area contributed by atoms with E-state index in [1.54, 1.807) is 13.8 Å². The van der Waals surface area contributed by atoms with Gasteiger partial charge >= 0.3 is 12.0 Å². The van der Waals surface area contributed by atoms with Gasteiger partial charge in [0.1, 0.15) is 6.54 Å². The molecule has 0 aromatic carbocycles. The largest absolute Gasteiger partial charge is 0.480 e. The van der Waals surface area contributed by atoms with Crippen LogP contribution in [0.5, 0.6) is 0 Å². The first-order valence-electron chi connectivity index (χ1n) is 6.05. The quantitative estimate of drug-likeness (QED) is 0.693. The van der Waals surface area contributed by atoms with Gasteiger partial charge in [-0.3, -0.25) is 4.79 Å². The van der Waals surface area contributed by atoms with Gasteiger partial charge in [-0.2, -0.15) is 0 Å². The highest BCUT2D eigenvalue weighted by Crippen LogP contribution is 2.18. The number of urea groups is 1. The van der Waals surface area contributed by atoms with E-state index in [1.807, 2.05) is 0 Å². The molecule has 0 radical (unpaired) electrons. The SMILES string of the molecule is C#CC(C)(C)NC(=O)N(CC(=O)O)C1CCS(=O)(=O)C1. The molecule has 1 aliphatic rings. The van der Waals surface area contributed by atoms with Crippen molar-refractivity contribution in [2.75, 3.05) is 18.1 Å². The van der Waals surface area contributed by atoms with Crippen LogP contribution in [0.15, 0.2) is 0 Å². The summed E-state index contributed by atoms with van der Waals surface area (Å²) in [6, 6.07) is -1.30. The molecule has 1 rings (SSSR count). The number of carbonyl (C=O) groups is 2. The molecule has 0 aromatic rings. The minimum atomic E-state index is -3.21. The number of hydrogen-bond donors (Lipinski definition) is 2. The van der Waals surface area contributed by atoms with E-state index in [-0.39, 0.29) is 17.9 Å². The van der Waals surface area contributed by atoms with Crippen molar-refractivity contribution in [2.45, 2.75) is 31.8 Å². The highest BCUT2D eigenvalue weighted by atomic mass is 32.2. The van der Waals surface area contributed by atoms with Gasteiger partial charge in [0.25, 0.3) is 0 Å². The number of carboxylic acids is 1. The topological polar surface area (TPSA) is 104 Å². The average molecular weight is 302 g/mol. The number of nitrogens with one attached hydrogen (secondary N) is 1. The Morgan fingerprint density at radius 2 is 2.10 bits per heavy atom.